The number of urea groups is 1. The van der Waals surface area contributed by atoms with E-state index in [1.165, 1.54) is 4.90 Å². The molecule has 2 heterocycles. The number of carbonyl (C=O) groups is 2. The maximum atomic E-state index is 12.2. The van der Waals surface area contributed by atoms with E-state index in [9.17, 15) is 9.59 Å². The van der Waals surface area contributed by atoms with Crippen LogP contribution in [0.25, 0.3) is 0 Å². The SMILES string of the molecule is Cc1cccc(C)c1OCCN1C(=O)[C@H]2CCCN2C1=O. The summed E-state index contributed by atoms with van der Waals surface area (Å²) in [6.07, 6.45) is 1.72. The van der Waals surface area contributed by atoms with Crippen LogP contribution in [0, 0.1) is 13.8 Å². The molecule has 3 amide bonds. The van der Waals surface area contributed by atoms with Crippen molar-refractivity contribution in [1.29, 1.82) is 0 Å². The third kappa shape index (κ3) is 2.37. The average molecular weight is 288 g/mol. The Bertz CT molecular complexity index is 543. The molecule has 2 aliphatic heterocycles. The van der Waals surface area contributed by atoms with E-state index in [-0.39, 0.29) is 18.0 Å². The lowest BCUT2D eigenvalue weighted by molar-refractivity contribution is -0.128. The van der Waals surface area contributed by atoms with Crippen molar-refractivity contribution in [3.05, 3.63) is 29.3 Å². The van der Waals surface area contributed by atoms with E-state index in [0.29, 0.717) is 19.7 Å². The van der Waals surface area contributed by atoms with Crippen molar-refractivity contribution in [2.45, 2.75) is 32.7 Å². The topological polar surface area (TPSA) is 49.9 Å². The van der Waals surface area contributed by atoms with Crippen molar-refractivity contribution in [2.75, 3.05) is 19.7 Å². The monoisotopic (exact) mass is 288 g/mol. The summed E-state index contributed by atoms with van der Waals surface area (Å²) >= 11 is 0. The number of ether oxygens (including phenoxy) is 1. The summed E-state index contributed by atoms with van der Waals surface area (Å²) in [6.45, 7) is 5.33. The fourth-order valence-corrected chi connectivity index (χ4v) is 3.15. The molecule has 0 unspecified atom stereocenters. The summed E-state index contributed by atoms with van der Waals surface area (Å²) in [4.78, 5) is 27.3. The highest BCUT2D eigenvalue weighted by atomic mass is 16.5. The fourth-order valence-electron chi connectivity index (χ4n) is 3.15. The van der Waals surface area contributed by atoms with Crippen LogP contribution in [0.4, 0.5) is 4.79 Å². The summed E-state index contributed by atoms with van der Waals surface area (Å²) in [5.41, 5.74) is 2.13. The number of hydrogen-bond donors (Lipinski definition) is 0. The Morgan fingerprint density at radius 2 is 1.95 bits per heavy atom. The number of amides is 3. The normalized spacial score (nSPS) is 21.1. The molecule has 3 rings (SSSR count). The molecule has 1 atom stereocenters. The van der Waals surface area contributed by atoms with Crippen LogP contribution in [-0.4, -0.2) is 47.5 Å². The Hall–Kier alpha value is -2.04. The first-order valence-electron chi connectivity index (χ1n) is 7.40. The molecule has 1 aromatic rings. The molecule has 0 spiro atoms. The van der Waals surface area contributed by atoms with Gasteiger partial charge >= 0.3 is 6.03 Å². The molecular formula is C16H20N2O3. The molecular weight excluding hydrogens is 268 g/mol. The van der Waals surface area contributed by atoms with E-state index in [1.54, 1.807) is 4.90 Å². The van der Waals surface area contributed by atoms with Gasteiger partial charge in [-0.3, -0.25) is 9.69 Å². The van der Waals surface area contributed by atoms with Gasteiger partial charge in [-0.1, -0.05) is 18.2 Å². The van der Waals surface area contributed by atoms with Crippen LogP contribution in [0.1, 0.15) is 24.0 Å². The van der Waals surface area contributed by atoms with Crippen molar-refractivity contribution in [3.8, 4) is 5.75 Å². The highest BCUT2D eigenvalue weighted by Gasteiger charge is 2.46. The number of carbonyl (C=O) groups excluding carboxylic acids is 2. The minimum atomic E-state index is -0.224. The third-order valence-electron chi connectivity index (χ3n) is 4.25. The van der Waals surface area contributed by atoms with Crippen molar-refractivity contribution >= 4 is 11.9 Å². The molecule has 0 radical (unpaired) electrons. The number of fused-ring (bicyclic) bond motifs is 1. The molecule has 0 aromatic heterocycles. The zero-order valence-electron chi connectivity index (χ0n) is 12.5. The molecule has 0 saturated carbocycles. The summed E-state index contributed by atoms with van der Waals surface area (Å²) in [5.74, 6) is 0.778. The summed E-state index contributed by atoms with van der Waals surface area (Å²) in [6, 6.07) is 5.58. The Morgan fingerprint density at radius 3 is 2.62 bits per heavy atom. The number of para-hydroxylation sites is 1. The molecule has 1 aromatic carbocycles. The van der Waals surface area contributed by atoms with E-state index in [4.69, 9.17) is 4.74 Å². The van der Waals surface area contributed by atoms with Crippen molar-refractivity contribution in [3.63, 3.8) is 0 Å². The van der Waals surface area contributed by atoms with Gasteiger partial charge in [-0.15, -0.1) is 0 Å². The summed E-state index contributed by atoms with van der Waals surface area (Å²) < 4.78 is 5.78. The van der Waals surface area contributed by atoms with Crippen LogP contribution in [-0.2, 0) is 4.79 Å². The predicted molar refractivity (Wildman–Crippen MR) is 78.2 cm³/mol. The first-order valence-corrected chi connectivity index (χ1v) is 7.40. The van der Waals surface area contributed by atoms with Crippen molar-refractivity contribution < 1.29 is 14.3 Å². The van der Waals surface area contributed by atoms with E-state index >= 15 is 0 Å². The highest BCUT2D eigenvalue weighted by Crippen LogP contribution is 2.27. The molecule has 2 aliphatic rings. The molecule has 5 heteroatoms. The van der Waals surface area contributed by atoms with Gasteiger partial charge in [-0.25, -0.2) is 4.79 Å². The number of imide groups is 1. The molecule has 112 valence electrons. The van der Waals surface area contributed by atoms with Gasteiger partial charge in [-0.2, -0.15) is 0 Å². The standard InChI is InChI=1S/C16H20N2O3/c1-11-5-3-6-12(2)14(11)21-10-9-18-15(19)13-7-4-8-17(13)16(18)20/h3,5-6,13H,4,7-10H2,1-2H3/t13-/m1/s1. The molecule has 5 nitrogen and oxygen atoms in total. The predicted octanol–water partition coefficient (Wildman–Crippen LogP) is 2.11. The van der Waals surface area contributed by atoms with Gasteiger partial charge in [0.05, 0.1) is 6.54 Å². The maximum Gasteiger partial charge on any atom is 0.327 e. The van der Waals surface area contributed by atoms with Crippen LogP contribution in [0.5, 0.6) is 5.75 Å². The molecule has 0 bridgehead atoms. The lowest BCUT2D eigenvalue weighted by Crippen LogP contribution is -2.36. The first-order chi connectivity index (χ1) is 10.1. The highest BCUT2D eigenvalue weighted by molar-refractivity contribution is 6.04. The average Bonchev–Trinajstić information content (AvgIpc) is 3.01. The van der Waals surface area contributed by atoms with Gasteiger partial charge < -0.3 is 9.64 Å². The minimum absolute atomic E-state index is 0.0670. The lowest BCUT2D eigenvalue weighted by Gasteiger charge is -2.17. The zero-order valence-corrected chi connectivity index (χ0v) is 12.5. The van der Waals surface area contributed by atoms with Crippen LogP contribution in [0.15, 0.2) is 18.2 Å². The Labute approximate surface area is 124 Å². The van der Waals surface area contributed by atoms with Gasteiger partial charge in [-0.05, 0) is 37.8 Å². The quantitative estimate of drug-likeness (QED) is 0.797. The number of hydrogen-bond acceptors (Lipinski definition) is 3. The van der Waals surface area contributed by atoms with Crippen LogP contribution in [0.3, 0.4) is 0 Å². The largest absolute Gasteiger partial charge is 0.491 e. The lowest BCUT2D eigenvalue weighted by atomic mass is 10.1. The van der Waals surface area contributed by atoms with Crippen molar-refractivity contribution in [2.24, 2.45) is 0 Å². The van der Waals surface area contributed by atoms with E-state index < -0.39 is 0 Å². The number of rotatable bonds is 4. The molecule has 2 fully saturated rings. The molecule has 0 aliphatic carbocycles. The summed E-state index contributed by atoms with van der Waals surface area (Å²) in [5, 5.41) is 0. The van der Waals surface area contributed by atoms with Gasteiger partial charge in [0, 0.05) is 6.54 Å². The second kappa shape index (κ2) is 5.39. The Kier molecular flexibility index (Phi) is 3.57. The first kappa shape index (κ1) is 13.9. The minimum Gasteiger partial charge on any atom is -0.491 e. The van der Waals surface area contributed by atoms with E-state index in [0.717, 1.165) is 29.7 Å². The fraction of sp³-hybridized carbons (Fsp3) is 0.500. The summed E-state index contributed by atoms with van der Waals surface area (Å²) in [7, 11) is 0. The van der Waals surface area contributed by atoms with E-state index in [2.05, 4.69) is 0 Å². The van der Waals surface area contributed by atoms with Gasteiger partial charge in [0.25, 0.3) is 5.91 Å². The maximum absolute atomic E-state index is 12.2. The second-order valence-corrected chi connectivity index (χ2v) is 5.69. The van der Waals surface area contributed by atoms with Crippen molar-refractivity contribution in [1.82, 2.24) is 9.80 Å². The van der Waals surface area contributed by atoms with Crippen LogP contribution < -0.4 is 4.74 Å². The van der Waals surface area contributed by atoms with Gasteiger partial charge in [0.15, 0.2) is 0 Å². The van der Waals surface area contributed by atoms with Gasteiger partial charge in [0.1, 0.15) is 18.4 Å². The molecule has 0 N–H and O–H groups in total. The zero-order chi connectivity index (χ0) is 15.0. The third-order valence-corrected chi connectivity index (χ3v) is 4.25. The second-order valence-electron chi connectivity index (χ2n) is 5.69. The number of benzene rings is 1. The van der Waals surface area contributed by atoms with Gasteiger partial charge in [0.2, 0.25) is 0 Å². The van der Waals surface area contributed by atoms with Crippen LogP contribution in [0.2, 0.25) is 0 Å². The number of aryl methyl sites for hydroxylation is 2. The Morgan fingerprint density at radius 1 is 1.24 bits per heavy atom. The smallest absolute Gasteiger partial charge is 0.327 e. The molecule has 2 saturated heterocycles. The Balaban J connectivity index is 1.61. The number of nitrogens with zero attached hydrogens (tertiary/aromatic N) is 2. The van der Waals surface area contributed by atoms with Crippen LogP contribution >= 0.6 is 0 Å². The van der Waals surface area contributed by atoms with E-state index in [1.807, 2.05) is 32.0 Å². The molecule has 21 heavy (non-hydrogen) atoms.